The van der Waals surface area contributed by atoms with Crippen molar-refractivity contribution in [2.45, 2.75) is 32.6 Å². The highest BCUT2D eigenvalue weighted by Gasteiger charge is 2.41. The fourth-order valence-corrected chi connectivity index (χ4v) is 2.86. The first-order valence-electron chi connectivity index (χ1n) is 7.57. The Kier molecular flexibility index (Phi) is 3.72. The molecule has 0 bridgehead atoms. The van der Waals surface area contributed by atoms with E-state index in [0.717, 1.165) is 12.1 Å². The van der Waals surface area contributed by atoms with Gasteiger partial charge in [0, 0.05) is 11.6 Å². The van der Waals surface area contributed by atoms with Gasteiger partial charge >= 0.3 is 0 Å². The molecular formula is C18H21NO. The molecule has 104 valence electrons. The van der Waals surface area contributed by atoms with Crippen molar-refractivity contribution >= 4 is 22.4 Å². The van der Waals surface area contributed by atoms with Crippen LogP contribution in [-0.4, -0.2) is 5.91 Å². The standard InChI is InChI=1S/C18H21NO/c1-2-3-6-15-12-17(15)18(20)19-16-10-9-13-7-4-5-8-14(13)11-16/h4-5,7-11,15,17H,2-3,6,12H2,1H3,(H,19,20)/t15-,17-/m1/s1. The van der Waals surface area contributed by atoms with Gasteiger partial charge in [-0.25, -0.2) is 0 Å². The summed E-state index contributed by atoms with van der Waals surface area (Å²) in [6.45, 7) is 2.20. The number of carbonyl (C=O) groups excluding carboxylic acids is 1. The van der Waals surface area contributed by atoms with Gasteiger partial charge in [0.05, 0.1) is 0 Å². The predicted molar refractivity (Wildman–Crippen MR) is 83.7 cm³/mol. The maximum Gasteiger partial charge on any atom is 0.227 e. The maximum atomic E-state index is 12.2. The van der Waals surface area contributed by atoms with E-state index in [4.69, 9.17) is 0 Å². The Morgan fingerprint density at radius 2 is 2.00 bits per heavy atom. The summed E-state index contributed by atoms with van der Waals surface area (Å²) in [6, 6.07) is 14.3. The van der Waals surface area contributed by atoms with E-state index in [-0.39, 0.29) is 11.8 Å². The van der Waals surface area contributed by atoms with Crippen LogP contribution in [0.15, 0.2) is 42.5 Å². The van der Waals surface area contributed by atoms with Gasteiger partial charge in [-0.15, -0.1) is 0 Å². The summed E-state index contributed by atoms with van der Waals surface area (Å²) in [6.07, 6.45) is 4.73. The van der Waals surface area contributed by atoms with Crippen LogP contribution in [0.2, 0.25) is 0 Å². The normalized spacial score (nSPS) is 20.9. The lowest BCUT2D eigenvalue weighted by molar-refractivity contribution is -0.117. The number of carbonyl (C=O) groups is 1. The van der Waals surface area contributed by atoms with Gasteiger partial charge in [0.25, 0.3) is 0 Å². The zero-order valence-electron chi connectivity index (χ0n) is 11.9. The Hall–Kier alpha value is -1.83. The predicted octanol–water partition coefficient (Wildman–Crippen LogP) is 4.60. The summed E-state index contributed by atoms with van der Waals surface area (Å²) in [5.74, 6) is 1.06. The molecule has 0 heterocycles. The molecule has 1 aliphatic carbocycles. The molecule has 1 fully saturated rings. The van der Waals surface area contributed by atoms with E-state index in [2.05, 4.69) is 36.5 Å². The summed E-state index contributed by atoms with van der Waals surface area (Å²) >= 11 is 0. The van der Waals surface area contributed by atoms with Crippen molar-refractivity contribution in [3.05, 3.63) is 42.5 Å². The first-order chi connectivity index (χ1) is 9.78. The van der Waals surface area contributed by atoms with Crippen LogP contribution in [0, 0.1) is 11.8 Å². The minimum absolute atomic E-state index is 0.196. The average Bonchev–Trinajstić information content (AvgIpc) is 3.24. The molecule has 0 radical (unpaired) electrons. The third-order valence-electron chi connectivity index (χ3n) is 4.20. The van der Waals surface area contributed by atoms with Crippen LogP contribution in [0.1, 0.15) is 32.6 Å². The number of hydrogen-bond donors (Lipinski definition) is 1. The minimum atomic E-state index is 0.196. The summed E-state index contributed by atoms with van der Waals surface area (Å²) < 4.78 is 0. The van der Waals surface area contributed by atoms with Crippen LogP contribution in [0.25, 0.3) is 10.8 Å². The Morgan fingerprint density at radius 3 is 2.80 bits per heavy atom. The molecule has 1 aliphatic rings. The molecule has 0 spiro atoms. The number of hydrogen-bond acceptors (Lipinski definition) is 1. The number of fused-ring (bicyclic) bond motifs is 1. The maximum absolute atomic E-state index is 12.2. The average molecular weight is 267 g/mol. The lowest BCUT2D eigenvalue weighted by Crippen LogP contribution is -2.14. The highest BCUT2D eigenvalue weighted by atomic mass is 16.2. The lowest BCUT2D eigenvalue weighted by Gasteiger charge is -2.06. The van der Waals surface area contributed by atoms with Crippen molar-refractivity contribution in [2.24, 2.45) is 11.8 Å². The number of nitrogens with one attached hydrogen (secondary N) is 1. The van der Waals surface area contributed by atoms with Crippen molar-refractivity contribution in [2.75, 3.05) is 5.32 Å². The molecule has 20 heavy (non-hydrogen) atoms. The molecule has 1 N–H and O–H groups in total. The van der Waals surface area contributed by atoms with Crippen molar-refractivity contribution in [3.63, 3.8) is 0 Å². The third-order valence-corrected chi connectivity index (χ3v) is 4.20. The van der Waals surface area contributed by atoms with E-state index in [0.29, 0.717) is 5.92 Å². The summed E-state index contributed by atoms with van der Waals surface area (Å²) in [5, 5.41) is 5.44. The Labute approximate surface area is 120 Å². The second kappa shape index (κ2) is 5.66. The van der Waals surface area contributed by atoms with Crippen molar-refractivity contribution in [1.82, 2.24) is 0 Å². The molecule has 2 aromatic carbocycles. The SMILES string of the molecule is CCCC[C@@H]1C[C@H]1C(=O)Nc1ccc2ccccc2c1. The molecule has 2 heteroatoms. The molecule has 2 nitrogen and oxygen atoms in total. The molecule has 0 aliphatic heterocycles. The zero-order chi connectivity index (χ0) is 13.9. The van der Waals surface area contributed by atoms with Crippen LogP contribution in [0.3, 0.4) is 0 Å². The number of unbranched alkanes of at least 4 members (excludes halogenated alkanes) is 1. The minimum Gasteiger partial charge on any atom is -0.326 e. The Bertz CT molecular complexity index is 620. The van der Waals surface area contributed by atoms with Gasteiger partial charge in [-0.2, -0.15) is 0 Å². The van der Waals surface area contributed by atoms with Gasteiger partial charge in [-0.1, -0.05) is 50.1 Å². The van der Waals surface area contributed by atoms with Gasteiger partial charge in [0.15, 0.2) is 0 Å². The molecule has 3 rings (SSSR count). The van der Waals surface area contributed by atoms with Gasteiger partial charge in [-0.3, -0.25) is 4.79 Å². The number of amides is 1. The van der Waals surface area contributed by atoms with Crippen molar-refractivity contribution in [3.8, 4) is 0 Å². The lowest BCUT2D eigenvalue weighted by atomic mass is 10.1. The van der Waals surface area contributed by atoms with Crippen LogP contribution in [-0.2, 0) is 4.79 Å². The van der Waals surface area contributed by atoms with E-state index in [1.165, 1.54) is 30.0 Å². The monoisotopic (exact) mass is 267 g/mol. The van der Waals surface area contributed by atoms with Crippen molar-refractivity contribution < 1.29 is 4.79 Å². The van der Waals surface area contributed by atoms with E-state index in [1.54, 1.807) is 0 Å². The fourth-order valence-electron chi connectivity index (χ4n) is 2.86. The van der Waals surface area contributed by atoms with Crippen molar-refractivity contribution in [1.29, 1.82) is 0 Å². The van der Waals surface area contributed by atoms with E-state index >= 15 is 0 Å². The number of benzene rings is 2. The van der Waals surface area contributed by atoms with E-state index in [9.17, 15) is 4.79 Å². The molecule has 1 saturated carbocycles. The van der Waals surface area contributed by atoms with Gasteiger partial charge < -0.3 is 5.32 Å². The summed E-state index contributed by atoms with van der Waals surface area (Å²) in [5.41, 5.74) is 0.912. The molecule has 0 saturated heterocycles. The molecular weight excluding hydrogens is 246 g/mol. The zero-order valence-corrected chi connectivity index (χ0v) is 11.9. The van der Waals surface area contributed by atoms with E-state index in [1.807, 2.05) is 18.2 Å². The molecule has 0 unspecified atom stereocenters. The van der Waals surface area contributed by atoms with Crippen LogP contribution < -0.4 is 5.32 Å². The summed E-state index contributed by atoms with van der Waals surface area (Å²) in [4.78, 5) is 12.2. The van der Waals surface area contributed by atoms with Crippen LogP contribution in [0.4, 0.5) is 5.69 Å². The number of rotatable bonds is 5. The Morgan fingerprint density at radius 1 is 1.20 bits per heavy atom. The van der Waals surface area contributed by atoms with Gasteiger partial charge in [0.1, 0.15) is 0 Å². The van der Waals surface area contributed by atoms with Gasteiger partial charge in [0.2, 0.25) is 5.91 Å². The van der Waals surface area contributed by atoms with Gasteiger partial charge in [-0.05, 0) is 41.7 Å². The summed E-state index contributed by atoms with van der Waals surface area (Å²) in [7, 11) is 0. The van der Waals surface area contributed by atoms with Crippen LogP contribution >= 0.6 is 0 Å². The molecule has 1 amide bonds. The molecule has 2 aromatic rings. The quantitative estimate of drug-likeness (QED) is 0.842. The second-order valence-electron chi connectivity index (χ2n) is 5.80. The highest BCUT2D eigenvalue weighted by molar-refractivity contribution is 5.96. The molecule has 2 atom stereocenters. The Balaban J connectivity index is 1.63. The fraction of sp³-hybridized carbons (Fsp3) is 0.389. The van der Waals surface area contributed by atoms with E-state index < -0.39 is 0 Å². The highest BCUT2D eigenvalue weighted by Crippen LogP contribution is 2.43. The molecule has 0 aromatic heterocycles. The largest absolute Gasteiger partial charge is 0.326 e. The number of anilines is 1. The first-order valence-corrected chi connectivity index (χ1v) is 7.57. The topological polar surface area (TPSA) is 29.1 Å². The second-order valence-corrected chi connectivity index (χ2v) is 5.80. The third kappa shape index (κ3) is 2.84. The first kappa shape index (κ1) is 13.2. The van der Waals surface area contributed by atoms with Crippen LogP contribution in [0.5, 0.6) is 0 Å². The smallest absolute Gasteiger partial charge is 0.227 e.